The van der Waals surface area contributed by atoms with Crippen molar-refractivity contribution in [2.24, 2.45) is 17.8 Å². The van der Waals surface area contributed by atoms with Crippen molar-refractivity contribution in [3.63, 3.8) is 0 Å². The average molecular weight is 839 g/mol. The summed E-state index contributed by atoms with van der Waals surface area (Å²) in [6, 6.07) is 22.3. The van der Waals surface area contributed by atoms with Crippen LogP contribution in [0.3, 0.4) is 0 Å². The number of hydrogen-bond acceptors (Lipinski definition) is 6. The van der Waals surface area contributed by atoms with Crippen LogP contribution >= 0.6 is 0 Å². The van der Waals surface area contributed by atoms with Crippen molar-refractivity contribution in [3.05, 3.63) is 90.1 Å². The minimum Gasteiger partial charge on any atom is -0.512 e. The van der Waals surface area contributed by atoms with E-state index in [4.69, 9.17) is 9.40 Å². The Hall–Kier alpha value is -3.67. The molecule has 6 nitrogen and oxygen atoms in total. The van der Waals surface area contributed by atoms with Crippen LogP contribution in [-0.4, -0.2) is 25.8 Å². The molecule has 0 aliphatic rings. The molecule has 0 spiro atoms. The second kappa shape index (κ2) is 17.8. The van der Waals surface area contributed by atoms with Crippen molar-refractivity contribution in [1.82, 2.24) is 15.0 Å². The normalized spacial score (nSPS) is 12.0. The van der Waals surface area contributed by atoms with Gasteiger partial charge in [0.15, 0.2) is 11.5 Å². The number of aliphatic hydroxyl groups is 1. The minimum absolute atomic E-state index is 0. The summed E-state index contributed by atoms with van der Waals surface area (Å²) in [5, 5.41) is 13.1. The third kappa shape index (κ3) is 10.2. The number of pyridine rings is 1. The number of rotatable bonds is 11. The third-order valence-electron chi connectivity index (χ3n) is 8.92. The van der Waals surface area contributed by atoms with E-state index in [2.05, 4.69) is 93.1 Å². The molecule has 7 heteroatoms. The first kappa shape index (κ1) is 39.8. The second-order valence-corrected chi connectivity index (χ2v) is 14.1. The van der Waals surface area contributed by atoms with Crippen molar-refractivity contribution < 1.29 is 34.4 Å². The van der Waals surface area contributed by atoms with Crippen molar-refractivity contribution in [1.29, 1.82) is 0 Å². The molecule has 0 aliphatic heterocycles. The molecule has 0 aliphatic carbocycles. The molecule has 0 saturated heterocycles. The molecule has 49 heavy (non-hydrogen) atoms. The van der Waals surface area contributed by atoms with E-state index in [1.165, 1.54) is 17.0 Å². The summed E-state index contributed by atoms with van der Waals surface area (Å²) in [6.07, 6.45) is 7.43. The number of furan rings is 1. The van der Waals surface area contributed by atoms with Crippen LogP contribution in [0, 0.1) is 23.8 Å². The Kier molecular flexibility index (Phi) is 14.5. The minimum atomic E-state index is -0.00257. The fourth-order valence-electron chi connectivity index (χ4n) is 6.02. The van der Waals surface area contributed by atoms with Gasteiger partial charge in [-0.25, -0.2) is 9.97 Å². The van der Waals surface area contributed by atoms with Crippen molar-refractivity contribution in [2.75, 3.05) is 0 Å². The Labute approximate surface area is 306 Å². The molecule has 1 N–H and O–H groups in total. The van der Waals surface area contributed by atoms with Crippen LogP contribution in [0.4, 0.5) is 0 Å². The van der Waals surface area contributed by atoms with Gasteiger partial charge in [-0.2, -0.15) is 0 Å². The molecule has 0 saturated carbocycles. The summed E-state index contributed by atoms with van der Waals surface area (Å²) in [5.41, 5.74) is 5.48. The zero-order valence-electron chi connectivity index (χ0n) is 30.6. The smallest absolute Gasteiger partial charge is 0.226 e. The van der Waals surface area contributed by atoms with Crippen LogP contribution < -0.4 is 0 Å². The first-order valence-electron chi connectivity index (χ1n) is 17.5. The van der Waals surface area contributed by atoms with E-state index in [1.54, 1.807) is 6.33 Å². The number of benzene rings is 2. The van der Waals surface area contributed by atoms with Crippen molar-refractivity contribution in [3.8, 4) is 22.7 Å². The molecule has 0 unspecified atom stereocenters. The molecule has 5 rings (SSSR count). The maximum absolute atomic E-state index is 11.7. The summed E-state index contributed by atoms with van der Waals surface area (Å²) in [7, 11) is 0. The van der Waals surface area contributed by atoms with Gasteiger partial charge in [-0.05, 0) is 67.7 Å². The zero-order valence-corrected chi connectivity index (χ0v) is 33.0. The predicted molar refractivity (Wildman–Crippen MR) is 198 cm³/mol. The number of ketones is 1. The van der Waals surface area contributed by atoms with Gasteiger partial charge in [0.2, 0.25) is 5.71 Å². The fraction of sp³-hybridized carbons (Fsp3) is 0.429. The average Bonchev–Trinajstić information content (AvgIpc) is 3.49. The maximum atomic E-state index is 11.7. The number of aliphatic hydroxyl groups excluding tert-OH is 1. The molecule has 3 aromatic heterocycles. The van der Waals surface area contributed by atoms with Crippen molar-refractivity contribution in [2.45, 2.75) is 99.8 Å². The molecule has 0 bridgehead atoms. The van der Waals surface area contributed by atoms with Gasteiger partial charge in [0.25, 0.3) is 0 Å². The molecular weight excluding hydrogens is 787 g/mol. The molecule has 263 valence electrons. The van der Waals surface area contributed by atoms with Crippen LogP contribution in [0.1, 0.15) is 99.3 Å². The molecule has 0 fully saturated rings. The quantitative estimate of drug-likeness (QED) is 0.0810. The van der Waals surface area contributed by atoms with Gasteiger partial charge in [-0.3, -0.25) is 9.78 Å². The number of hydrogen-bond donors (Lipinski definition) is 1. The molecule has 1 radical (unpaired) electrons. The Balaban J connectivity index is 0.000000347. The summed E-state index contributed by atoms with van der Waals surface area (Å²) < 4.78 is 6.10. The zero-order chi connectivity index (χ0) is 35.0. The first-order chi connectivity index (χ1) is 22.9. The maximum Gasteiger partial charge on any atom is 0.226 e. The van der Waals surface area contributed by atoms with Crippen LogP contribution in [0.25, 0.3) is 44.6 Å². The van der Waals surface area contributed by atoms with E-state index in [1.807, 2.05) is 39.8 Å². The van der Waals surface area contributed by atoms with E-state index in [9.17, 15) is 9.90 Å². The molecule has 0 atom stereocenters. The Bertz CT molecular complexity index is 1860. The fourth-order valence-corrected chi connectivity index (χ4v) is 6.02. The van der Waals surface area contributed by atoms with Gasteiger partial charge in [0.1, 0.15) is 12.0 Å². The number of carbonyl (C=O) groups excluding carboxylic acids is 1. The van der Waals surface area contributed by atoms with Gasteiger partial charge in [0.05, 0.1) is 5.76 Å². The second-order valence-electron chi connectivity index (χ2n) is 14.1. The van der Waals surface area contributed by atoms with Crippen LogP contribution in [0.15, 0.2) is 77.2 Å². The van der Waals surface area contributed by atoms with Gasteiger partial charge in [-0.1, -0.05) is 91.5 Å². The van der Waals surface area contributed by atoms with E-state index in [-0.39, 0.29) is 48.9 Å². The summed E-state index contributed by atoms with van der Waals surface area (Å²) >= 11 is 0. The van der Waals surface area contributed by atoms with Gasteiger partial charge in [0, 0.05) is 54.8 Å². The number of fused-ring (bicyclic) bond motifs is 2. The van der Waals surface area contributed by atoms with Crippen LogP contribution in [0.5, 0.6) is 0 Å². The Morgan fingerprint density at radius 3 is 2.18 bits per heavy atom. The molecule has 3 heterocycles. The SMILES string of the molecule is CC(C)Cc1ccc2cc(-c3cc(-c4[c-]c5ccccc5c(C(C)(C)C)c4)ncn3)oc2n1.CCC(CC)C(=O)/C=C(\O)C(CC)CC.[Ir]. The van der Waals surface area contributed by atoms with E-state index in [0.717, 1.165) is 65.5 Å². The van der Waals surface area contributed by atoms with E-state index in [0.29, 0.717) is 17.4 Å². The standard InChI is InChI=1S/C29H28N3O.C13H24O2.Ir/c1-18(2)12-22-11-10-20-15-27(33-28(20)32-22)26-16-25(30-17-31-26)21-13-19-8-6-7-9-23(19)24(14-21)29(3,4)5;1-5-10(6-2)12(14)9-13(15)11(7-3)8-4;/h6-11,14-18H,12H2,1-5H3;9-11,14H,5-8H2,1-4H3;/q-1;;/b;12-9-;. The Morgan fingerprint density at radius 2 is 1.55 bits per heavy atom. The summed E-state index contributed by atoms with van der Waals surface area (Å²) in [5.74, 6) is 1.79. The molecular formula is C42H52IrN3O3-. The van der Waals surface area contributed by atoms with Crippen LogP contribution in [-0.2, 0) is 36.7 Å². The monoisotopic (exact) mass is 839 g/mol. The Morgan fingerprint density at radius 1 is 0.898 bits per heavy atom. The summed E-state index contributed by atoms with van der Waals surface area (Å²) in [4.78, 5) is 25.5. The topological polar surface area (TPSA) is 89.1 Å². The number of allylic oxidation sites excluding steroid dienone is 2. The van der Waals surface area contributed by atoms with Gasteiger partial charge < -0.3 is 9.52 Å². The predicted octanol–water partition coefficient (Wildman–Crippen LogP) is 11.3. The molecule has 2 aromatic carbocycles. The first-order valence-corrected chi connectivity index (χ1v) is 17.5. The van der Waals surface area contributed by atoms with E-state index < -0.39 is 0 Å². The number of aromatic nitrogens is 3. The molecule has 0 amide bonds. The number of carbonyl (C=O) groups is 1. The van der Waals surface area contributed by atoms with Crippen LogP contribution in [0.2, 0.25) is 0 Å². The molecule has 5 aromatic rings. The number of nitrogens with zero attached hydrogens (tertiary/aromatic N) is 3. The van der Waals surface area contributed by atoms with Gasteiger partial charge in [-0.15, -0.1) is 29.1 Å². The summed E-state index contributed by atoms with van der Waals surface area (Å²) in [6.45, 7) is 19.2. The van der Waals surface area contributed by atoms with Crippen molar-refractivity contribution >= 4 is 27.7 Å². The van der Waals surface area contributed by atoms with Gasteiger partial charge >= 0.3 is 0 Å². The largest absolute Gasteiger partial charge is 0.512 e. The van der Waals surface area contributed by atoms with E-state index >= 15 is 0 Å². The third-order valence-corrected chi connectivity index (χ3v) is 8.92.